The molecule has 0 radical (unpaired) electrons. The molecule has 0 saturated heterocycles. The summed E-state index contributed by atoms with van der Waals surface area (Å²) in [4.78, 5) is 4.08. The molecule has 0 aliphatic carbocycles. The Morgan fingerprint density at radius 3 is 2.92 bits per heavy atom. The van der Waals surface area contributed by atoms with Gasteiger partial charge in [-0.05, 0) is 15.9 Å². The highest BCUT2D eigenvalue weighted by Gasteiger charge is 2.07. The first kappa shape index (κ1) is 7.75. The van der Waals surface area contributed by atoms with Crippen LogP contribution in [0.1, 0.15) is 0 Å². The summed E-state index contributed by atoms with van der Waals surface area (Å²) in [5.41, 5.74) is 5.71. The van der Waals surface area contributed by atoms with Gasteiger partial charge in [0.05, 0.1) is 10.7 Å². The largest absolute Gasteiger partial charge is 0.383 e. The molecule has 2 rings (SSSR count). The third-order valence-electron chi connectivity index (χ3n) is 1.36. The van der Waals surface area contributed by atoms with Crippen LogP contribution in [0.5, 0.6) is 0 Å². The highest BCUT2D eigenvalue weighted by molar-refractivity contribution is 9.10. The van der Waals surface area contributed by atoms with E-state index in [1.807, 2.05) is 5.38 Å². The van der Waals surface area contributed by atoms with Crippen LogP contribution >= 0.6 is 27.3 Å². The summed E-state index contributed by atoms with van der Waals surface area (Å²) < 4.78 is 2.38. The molecule has 0 unspecified atom stereocenters. The summed E-state index contributed by atoms with van der Waals surface area (Å²) >= 11 is 4.76. The van der Waals surface area contributed by atoms with E-state index >= 15 is 0 Å². The van der Waals surface area contributed by atoms with Crippen LogP contribution in [0.4, 0.5) is 5.82 Å². The molecule has 0 amide bonds. The quantitative estimate of drug-likeness (QED) is 0.831. The van der Waals surface area contributed by atoms with Crippen LogP contribution in [0.3, 0.4) is 0 Å². The number of nitrogens with zero attached hydrogens (tertiary/aromatic N) is 3. The van der Waals surface area contributed by atoms with E-state index in [0.717, 1.165) is 9.60 Å². The first-order valence-corrected chi connectivity index (χ1v) is 4.85. The molecule has 6 heteroatoms. The van der Waals surface area contributed by atoms with Crippen LogP contribution in [0.15, 0.2) is 22.2 Å². The Balaban J connectivity index is 2.55. The normalized spacial score (nSPS) is 10.4. The van der Waals surface area contributed by atoms with E-state index in [4.69, 9.17) is 5.73 Å². The molecule has 0 fully saturated rings. The van der Waals surface area contributed by atoms with Gasteiger partial charge in [-0.15, -0.1) is 11.3 Å². The molecule has 2 aromatic rings. The molecular formula is C6H5BrN4S. The zero-order valence-corrected chi connectivity index (χ0v) is 8.34. The number of nitrogen functional groups attached to an aromatic ring is 1. The fraction of sp³-hybridized carbons (Fsp3) is 0. The van der Waals surface area contributed by atoms with Crippen LogP contribution < -0.4 is 5.73 Å². The Labute approximate surface area is 81.2 Å². The van der Waals surface area contributed by atoms with Crippen molar-refractivity contribution in [3.63, 3.8) is 0 Å². The van der Waals surface area contributed by atoms with Crippen molar-refractivity contribution in [2.24, 2.45) is 0 Å². The van der Waals surface area contributed by atoms with Crippen molar-refractivity contribution in [3.05, 3.63) is 22.2 Å². The average molecular weight is 245 g/mol. The summed E-state index contributed by atoms with van der Waals surface area (Å²) in [5, 5.41) is 6.71. The average Bonchev–Trinajstić information content (AvgIpc) is 2.64. The van der Waals surface area contributed by atoms with E-state index in [2.05, 4.69) is 26.0 Å². The maximum atomic E-state index is 5.71. The zero-order valence-electron chi connectivity index (χ0n) is 5.94. The lowest BCUT2D eigenvalue weighted by Crippen LogP contribution is -2.00. The number of aromatic nitrogens is 3. The third-order valence-corrected chi connectivity index (χ3v) is 2.72. The minimum absolute atomic E-state index is 0.574. The Kier molecular flexibility index (Phi) is 1.86. The Morgan fingerprint density at radius 2 is 2.42 bits per heavy atom. The van der Waals surface area contributed by atoms with Crippen molar-refractivity contribution in [2.45, 2.75) is 0 Å². The first-order valence-electron chi connectivity index (χ1n) is 3.18. The predicted molar refractivity (Wildman–Crippen MR) is 51.3 cm³/mol. The van der Waals surface area contributed by atoms with Crippen LogP contribution in [0.25, 0.3) is 5.13 Å². The number of halogens is 1. The number of hydrogen-bond acceptors (Lipinski definition) is 4. The monoisotopic (exact) mass is 244 g/mol. The molecular weight excluding hydrogens is 240 g/mol. The van der Waals surface area contributed by atoms with Gasteiger partial charge in [-0.2, -0.15) is 9.78 Å². The second-order valence-electron chi connectivity index (χ2n) is 2.10. The molecule has 0 saturated carbocycles. The lowest BCUT2D eigenvalue weighted by atomic mass is 10.6. The summed E-state index contributed by atoms with van der Waals surface area (Å²) in [6, 6.07) is 0. The van der Waals surface area contributed by atoms with Gasteiger partial charge in [0.1, 0.15) is 5.82 Å². The molecule has 0 spiro atoms. The molecule has 62 valence electrons. The molecule has 12 heavy (non-hydrogen) atoms. The van der Waals surface area contributed by atoms with Gasteiger partial charge in [-0.1, -0.05) is 0 Å². The molecule has 0 aliphatic heterocycles. The van der Waals surface area contributed by atoms with Gasteiger partial charge in [0, 0.05) is 11.6 Å². The van der Waals surface area contributed by atoms with Gasteiger partial charge in [0.2, 0.25) is 5.13 Å². The van der Waals surface area contributed by atoms with Crippen molar-refractivity contribution < 1.29 is 0 Å². The Bertz CT molecular complexity index is 380. The van der Waals surface area contributed by atoms with Crippen molar-refractivity contribution in [3.8, 4) is 5.13 Å². The number of nitrogens with two attached hydrogens (primary N) is 1. The first-order chi connectivity index (χ1) is 5.79. The lowest BCUT2D eigenvalue weighted by molar-refractivity contribution is 0.880. The van der Waals surface area contributed by atoms with E-state index in [0.29, 0.717) is 5.82 Å². The Morgan fingerprint density at radius 1 is 1.58 bits per heavy atom. The summed E-state index contributed by atoms with van der Waals surface area (Å²) in [6.07, 6.45) is 3.37. The topological polar surface area (TPSA) is 56.7 Å². The van der Waals surface area contributed by atoms with E-state index in [-0.39, 0.29) is 0 Å². The number of hydrogen-bond donors (Lipinski definition) is 1. The molecule has 2 N–H and O–H groups in total. The predicted octanol–water partition coefficient (Wildman–Crippen LogP) is 1.67. The van der Waals surface area contributed by atoms with Crippen LogP contribution in [0, 0.1) is 0 Å². The van der Waals surface area contributed by atoms with Crippen LogP contribution in [-0.4, -0.2) is 14.8 Å². The highest BCUT2D eigenvalue weighted by atomic mass is 79.9. The van der Waals surface area contributed by atoms with E-state index in [1.165, 1.54) is 11.3 Å². The van der Waals surface area contributed by atoms with Gasteiger partial charge < -0.3 is 5.73 Å². The molecule has 0 aliphatic rings. The van der Waals surface area contributed by atoms with Gasteiger partial charge in [-0.3, -0.25) is 0 Å². The maximum Gasteiger partial charge on any atom is 0.212 e. The van der Waals surface area contributed by atoms with Crippen LogP contribution in [0.2, 0.25) is 0 Å². The molecule has 4 nitrogen and oxygen atoms in total. The zero-order chi connectivity index (χ0) is 8.55. The summed E-state index contributed by atoms with van der Waals surface area (Å²) in [5.74, 6) is 0.574. The summed E-state index contributed by atoms with van der Waals surface area (Å²) in [7, 11) is 0. The molecule has 2 heterocycles. The van der Waals surface area contributed by atoms with Crippen LogP contribution in [-0.2, 0) is 0 Å². The molecule has 0 bridgehead atoms. The van der Waals surface area contributed by atoms with Gasteiger partial charge in [0.15, 0.2) is 0 Å². The fourth-order valence-electron chi connectivity index (χ4n) is 0.811. The number of anilines is 1. The van der Waals surface area contributed by atoms with E-state index in [9.17, 15) is 0 Å². The maximum absolute atomic E-state index is 5.71. The standard InChI is InChI=1S/C6H5BrN4S/c7-4-3-10-11(5(4)8)6-9-1-2-12-6/h1-3H,8H2. The lowest BCUT2D eigenvalue weighted by Gasteiger charge is -1.96. The minimum atomic E-state index is 0.574. The molecule has 2 aromatic heterocycles. The minimum Gasteiger partial charge on any atom is -0.383 e. The van der Waals surface area contributed by atoms with Gasteiger partial charge in [0.25, 0.3) is 0 Å². The van der Waals surface area contributed by atoms with E-state index < -0.39 is 0 Å². The SMILES string of the molecule is Nc1c(Br)cnn1-c1nccs1. The second-order valence-corrected chi connectivity index (χ2v) is 3.83. The van der Waals surface area contributed by atoms with Crippen molar-refractivity contribution in [1.82, 2.24) is 14.8 Å². The fourth-order valence-corrected chi connectivity index (χ4v) is 1.68. The molecule has 0 aromatic carbocycles. The Hall–Kier alpha value is -0.880. The smallest absolute Gasteiger partial charge is 0.212 e. The van der Waals surface area contributed by atoms with E-state index in [1.54, 1.807) is 17.1 Å². The van der Waals surface area contributed by atoms with Crippen molar-refractivity contribution in [2.75, 3.05) is 5.73 Å². The van der Waals surface area contributed by atoms with Crippen molar-refractivity contribution >= 4 is 33.1 Å². The molecule has 0 atom stereocenters. The number of thiazole rings is 1. The second kappa shape index (κ2) is 2.87. The number of rotatable bonds is 1. The third kappa shape index (κ3) is 1.12. The van der Waals surface area contributed by atoms with Crippen molar-refractivity contribution in [1.29, 1.82) is 0 Å². The van der Waals surface area contributed by atoms with Gasteiger partial charge in [-0.25, -0.2) is 4.98 Å². The summed E-state index contributed by atoms with van der Waals surface area (Å²) in [6.45, 7) is 0. The van der Waals surface area contributed by atoms with Gasteiger partial charge >= 0.3 is 0 Å². The highest BCUT2D eigenvalue weighted by Crippen LogP contribution is 2.22.